The molecule has 0 spiro atoms. The smallest absolute Gasteiger partial charge is 0.241 e. The SMILES string of the molecule is CCCCC1NC(c2ccc(OC)c(C)c2)N(C)C1=O. The predicted molar refractivity (Wildman–Crippen MR) is 79.7 cm³/mol. The van der Waals surface area contributed by atoms with Gasteiger partial charge in [0, 0.05) is 7.05 Å². The summed E-state index contributed by atoms with van der Waals surface area (Å²) >= 11 is 0. The fourth-order valence-corrected chi connectivity index (χ4v) is 2.75. The molecule has 0 aliphatic carbocycles. The van der Waals surface area contributed by atoms with Crippen molar-refractivity contribution in [3.05, 3.63) is 29.3 Å². The molecule has 4 heteroatoms. The molecule has 1 aromatic rings. The number of rotatable bonds is 5. The minimum Gasteiger partial charge on any atom is -0.496 e. The molecule has 1 amide bonds. The molecule has 110 valence electrons. The molecule has 1 aliphatic rings. The van der Waals surface area contributed by atoms with Crippen LogP contribution in [0.3, 0.4) is 0 Å². The zero-order valence-electron chi connectivity index (χ0n) is 12.8. The van der Waals surface area contributed by atoms with E-state index in [1.54, 1.807) is 7.11 Å². The fraction of sp³-hybridized carbons (Fsp3) is 0.562. The van der Waals surface area contributed by atoms with Crippen LogP contribution in [-0.2, 0) is 4.79 Å². The van der Waals surface area contributed by atoms with E-state index in [-0.39, 0.29) is 18.1 Å². The Hall–Kier alpha value is -1.55. The van der Waals surface area contributed by atoms with E-state index in [2.05, 4.69) is 18.3 Å². The van der Waals surface area contributed by atoms with Crippen molar-refractivity contribution in [1.29, 1.82) is 0 Å². The minimum absolute atomic E-state index is 0.0334. The largest absolute Gasteiger partial charge is 0.496 e. The van der Waals surface area contributed by atoms with Crippen molar-refractivity contribution in [3.8, 4) is 5.75 Å². The molecule has 0 bridgehead atoms. The van der Waals surface area contributed by atoms with Gasteiger partial charge < -0.3 is 9.64 Å². The Morgan fingerprint density at radius 2 is 2.15 bits per heavy atom. The second-order valence-corrected chi connectivity index (χ2v) is 5.44. The molecule has 0 radical (unpaired) electrons. The summed E-state index contributed by atoms with van der Waals surface area (Å²) in [6, 6.07) is 6.02. The van der Waals surface area contributed by atoms with Gasteiger partial charge in [-0.25, -0.2) is 0 Å². The van der Waals surface area contributed by atoms with E-state index in [0.29, 0.717) is 0 Å². The second kappa shape index (κ2) is 6.27. The van der Waals surface area contributed by atoms with Crippen LogP contribution in [-0.4, -0.2) is 31.0 Å². The van der Waals surface area contributed by atoms with Crippen LogP contribution in [0, 0.1) is 6.92 Å². The van der Waals surface area contributed by atoms with Gasteiger partial charge in [0.05, 0.1) is 13.2 Å². The van der Waals surface area contributed by atoms with Gasteiger partial charge >= 0.3 is 0 Å². The number of hydrogen-bond donors (Lipinski definition) is 1. The zero-order chi connectivity index (χ0) is 14.7. The van der Waals surface area contributed by atoms with E-state index in [4.69, 9.17) is 4.74 Å². The van der Waals surface area contributed by atoms with Gasteiger partial charge in [-0.05, 0) is 36.6 Å². The molecule has 2 unspecified atom stereocenters. The molecule has 0 aromatic heterocycles. The second-order valence-electron chi connectivity index (χ2n) is 5.44. The Balaban J connectivity index is 2.16. The Morgan fingerprint density at radius 3 is 2.75 bits per heavy atom. The molecular formula is C16H24N2O2. The number of aryl methyl sites for hydroxylation is 1. The Labute approximate surface area is 121 Å². The summed E-state index contributed by atoms with van der Waals surface area (Å²) in [5.74, 6) is 1.07. The Morgan fingerprint density at radius 1 is 1.40 bits per heavy atom. The first kappa shape index (κ1) is 14.9. The lowest BCUT2D eigenvalue weighted by Gasteiger charge is -2.20. The van der Waals surface area contributed by atoms with Gasteiger partial charge in [0.25, 0.3) is 0 Å². The van der Waals surface area contributed by atoms with E-state index in [0.717, 1.165) is 36.1 Å². The van der Waals surface area contributed by atoms with Gasteiger partial charge in [-0.15, -0.1) is 0 Å². The number of likely N-dealkylation sites (N-methyl/N-ethyl adjacent to an activating group) is 1. The van der Waals surface area contributed by atoms with E-state index >= 15 is 0 Å². The molecule has 1 fully saturated rings. The number of amides is 1. The van der Waals surface area contributed by atoms with Crippen molar-refractivity contribution in [3.63, 3.8) is 0 Å². The summed E-state index contributed by atoms with van der Waals surface area (Å²) in [4.78, 5) is 14.0. The summed E-state index contributed by atoms with van der Waals surface area (Å²) in [6.45, 7) is 4.17. The van der Waals surface area contributed by atoms with Gasteiger partial charge in [-0.2, -0.15) is 0 Å². The molecule has 0 saturated carbocycles. The normalized spacial score (nSPS) is 22.4. The minimum atomic E-state index is -0.0487. The maximum atomic E-state index is 12.2. The first-order valence-corrected chi connectivity index (χ1v) is 7.25. The Kier molecular flexibility index (Phi) is 4.65. The molecule has 1 aliphatic heterocycles. The number of nitrogens with zero attached hydrogens (tertiary/aromatic N) is 1. The van der Waals surface area contributed by atoms with Gasteiger partial charge in [0.15, 0.2) is 0 Å². The Bertz CT molecular complexity index is 487. The number of nitrogens with one attached hydrogen (secondary N) is 1. The van der Waals surface area contributed by atoms with E-state index < -0.39 is 0 Å². The third kappa shape index (κ3) is 2.80. The van der Waals surface area contributed by atoms with E-state index in [9.17, 15) is 4.79 Å². The average Bonchev–Trinajstić information content (AvgIpc) is 2.73. The fourth-order valence-electron chi connectivity index (χ4n) is 2.75. The van der Waals surface area contributed by atoms with Crippen molar-refractivity contribution in [1.82, 2.24) is 10.2 Å². The number of unbranched alkanes of at least 4 members (excludes halogenated alkanes) is 1. The van der Waals surface area contributed by atoms with Crippen molar-refractivity contribution >= 4 is 5.91 Å². The highest BCUT2D eigenvalue weighted by molar-refractivity contribution is 5.84. The lowest BCUT2D eigenvalue weighted by Crippen LogP contribution is -2.28. The molecule has 2 rings (SSSR count). The average molecular weight is 276 g/mol. The number of methoxy groups -OCH3 is 1. The van der Waals surface area contributed by atoms with Crippen LogP contribution in [0.5, 0.6) is 5.75 Å². The molecule has 1 N–H and O–H groups in total. The first-order valence-electron chi connectivity index (χ1n) is 7.25. The van der Waals surface area contributed by atoms with Gasteiger partial charge in [-0.1, -0.05) is 25.8 Å². The van der Waals surface area contributed by atoms with Crippen molar-refractivity contribution in [2.24, 2.45) is 0 Å². The van der Waals surface area contributed by atoms with Gasteiger partial charge in [0.2, 0.25) is 5.91 Å². The quantitative estimate of drug-likeness (QED) is 0.899. The predicted octanol–water partition coefficient (Wildman–Crippen LogP) is 2.62. The highest BCUT2D eigenvalue weighted by atomic mass is 16.5. The van der Waals surface area contributed by atoms with Gasteiger partial charge in [0.1, 0.15) is 11.9 Å². The molecular weight excluding hydrogens is 252 g/mol. The standard InChI is InChI=1S/C16H24N2O2/c1-5-6-7-13-16(19)18(3)15(17-13)12-8-9-14(20-4)11(2)10-12/h8-10,13,15,17H,5-7H2,1-4H3. The molecule has 1 aromatic carbocycles. The number of ether oxygens (including phenoxy) is 1. The number of hydrogen-bond acceptors (Lipinski definition) is 3. The summed E-state index contributed by atoms with van der Waals surface area (Å²) < 4.78 is 5.28. The lowest BCUT2D eigenvalue weighted by atomic mass is 10.1. The molecule has 1 saturated heterocycles. The first-order chi connectivity index (χ1) is 9.58. The zero-order valence-corrected chi connectivity index (χ0v) is 12.8. The third-order valence-electron chi connectivity index (χ3n) is 3.97. The summed E-state index contributed by atoms with van der Waals surface area (Å²) in [7, 11) is 3.54. The molecule has 4 nitrogen and oxygen atoms in total. The molecule has 2 atom stereocenters. The molecule has 20 heavy (non-hydrogen) atoms. The van der Waals surface area contributed by atoms with E-state index in [1.807, 2.05) is 31.0 Å². The molecule has 1 heterocycles. The monoisotopic (exact) mass is 276 g/mol. The summed E-state index contributed by atoms with van der Waals surface area (Å²) in [6.07, 6.45) is 3.06. The summed E-state index contributed by atoms with van der Waals surface area (Å²) in [5, 5.41) is 3.44. The van der Waals surface area contributed by atoms with Crippen LogP contribution in [0.4, 0.5) is 0 Å². The maximum Gasteiger partial charge on any atom is 0.241 e. The number of benzene rings is 1. The van der Waals surface area contributed by atoms with Crippen LogP contribution in [0.15, 0.2) is 18.2 Å². The third-order valence-corrected chi connectivity index (χ3v) is 3.97. The van der Waals surface area contributed by atoms with Crippen LogP contribution < -0.4 is 10.1 Å². The lowest BCUT2D eigenvalue weighted by molar-refractivity contribution is -0.128. The van der Waals surface area contributed by atoms with Gasteiger partial charge in [-0.3, -0.25) is 10.1 Å². The van der Waals surface area contributed by atoms with Crippen molar-refractivity contribution < 1.29 is 9.53 Å². The highest BCUT2D eigenvalue weighted by Crippen LogP contribution is 2.28. The van der Waals surface area contributed by atoms with Crippen molar-refractivity contribution in [2.45, 2.75) is 45.3 Å². The number of carbonyl (C=O) groups is 1. The topological polar surface area (TPSA) is 41.6 Å². The number of carbonyl (C=O) groups excluding carboxylic acids is 1. The van der Waals surface area contributed by atoms with Crippen LogP contribution in [0.1, 0.15) is 43.5 Å². The van der Waals surface area contributed by atoms with Crippen LogP contribution >= 0.6 is 0 Å². The van der Waals surface area contributed by atoms with Crippen molar-refractivity contribution in [2.75, 3.05) is 14.2 Å². The van der Waals surface area contributed by atoms with Crippen LogP contribution in [0.25, 0.3) is 0 Å². The highest BCUT2D eigenvalue weighted by Gasteiger charge is 2.36. The van der Waals surface area contributed by atoms with E-state index in [1.165, 1.54) is 0 Å². The maximum absolute atomic E-state index is 12.2. The van der Waals surface area contributed by atoms with Crippen LogP contribution in [0.2, 0.25) is 0 Å². The summed E-state index contributed by atoms with van der Waals surface area (Å²) in [5.41, 5.74) is 2.20.